The van der Waals surface area contributed by atoms with E-state index in [1.54, 1.807) is 11.3 Å². The number of nitrogens with zero attached hydrogens (tertiary/aromatic N) is 1. The predicted octanol–water partition coefficient (Wildman–Crippen LogP) is 2.55. The Hall–Kier alpha value is -0.940. The van der Waals surface area contributed by atoms with E-state index in [-0.39, 0.29) is 17.2 Å². The second-order valence-electron chi connectivity index (χ2n) is 6.24. The SMILES string of the molecule is CC1(C)CCCC1C(=O)Nc1nc2c(s1)CNCC2. The van der Waals surface area contributed by atoms with E-state index < -0.39 is 0 Å². The average Bonchev–Trinajstić information content (AvgIpc) is 2.90. The van der Waals surface area contributed by atoms with Gasteiger partial charge in [0, 0.05) is 30.3 Å². The molecule has 1 aliphatic heterocycles. The largest absolute Gasteiger partial charge is 0.311 e. The smallest absolute Gasteiger partial charge is 0.229 e. The molecule has 0 saturated heterocycles. The summed E-state index contributed by atoms with van der Waals surface area (Å²) in [6.45, 7) is 6.26. The van der Waals surface area contributed by atoms with Crippen molar-refractivity contribution in [1.82, 2.24) is 10.3 Å². The van der Waals surface area contributed by atoms with Crippen LogP contribution in [0, 0.1) is 11.3 Å². The fourth-order valence-corrected chi connectivity index (χ4v) is 4.16. The number of hydrogen-bond acceptors (Lipinski definition) is 4. The molecule has 1 atom stereocenters. The zero-order valence-corrected chi connectivity index (χ0v) is 12.4. The third-order valence-electron chi connectivity index (χ3n) is 4.41. The summed E-state index contributed by atoms with van der Waals surface area (Å²) in [4.78, 5) is 18.2. The van der Waals surface area contributed by atoms with Gasteiger partial charge in [-0.05, 0) is 18.3 Å². The summed E-state index contributed by atoms with van der Waals surface area (Å²) >= 11 is 1.62. The number of thiazole rings is 1. The number of amides is 1. The predicted molar refractivity (Wildman–Crippen MR) is 77.3 cm³/mol. The normalized spacial score (nSPS) is 25.1. The van der Waals surface area contributed by atoms with E-state index in [0.717, 1.165) is 49.6 Å². The molecule has 1 amide bonds. The van der Waals surface area contributed by atoms with Crippen molar-refractivity contribution in [2.75, 3.05) is 11.9 Å². The topological polar surface area (TPSA) is 54.0 Å². The van der Waals surface area contributed by atoms with Gasteiger partial charge in [0.25, 0.3) is 0 Å². The van der Waals surface area contributed by atoms with Crippen LogP contribution in [0.5, 0.6) is 0 Å². The molecule has 104 valence electrons. The summed E-state index contributed by atoms with van der Waals surface area (Å²) in [7, 11) is 0. The van der Waals surface area contributed by atoms with Gasteiger partial charge in [-0.3, -0.25) is 4.79 Å². The Bertz CT molecular complexity index is 471. The molecule has 0 spiro atoms. The standard InChI is InChI=1S/C14H21N3OS/c1-14(2)6-3-4-9(14)12(18)17-13-16-10-5-7-15-8-11(10)19-13/h9,15H,3-8H2,1-2H3,(H,16,17,18). The van der Waals surface area contributed by atoms with Crippen LogP contribution in [0.2, 0.25) is 0 Å². The van der Waals surface area contributed by atoms with Gasteiger partial charge >= 0.3 is 0 Å². The highest BCUT2D eigenvalue weighted by atomic mass is 32.1. The number of nitrogens with one attached hydrogen (secondary N) is 2. The van der Waals surface area contributed by atoms with Gasteiger partial charge in [-0.25, -0.2) is 4.98 Å². The lowest BCUT2D eigenvalue weighted by Gasteiger charge is -2.25. The van der Waals surface area contributed by atoms with E-state index >= 15 is 0 Å². The summed E-state index contributed by atoms with van der Waals surface area (Å²) < 4.78 is 0. The molecule has 2 N–H and O–H groups in total. The summed E-state index contributed by atoms with van der Waals surface area (Å²) in [5.74, 6) is 0.285. The monoisotopic (exact) mass is 279 g/mol. The van der Waals surface area contributed by atoms with Gasteiger partial charge in [-0.2, -0.15) is 0 Å². The highest BCUT2D eigenvalue weighted by molar-refractivity contribution is 7.15. The molecule has 5 heteroatoms. The first-order valence-electron chi connectivity index (χ1n) is 7.06. The van der Waals surface area contributed by atoms with E-state index in [0.29, 0.717) is 0 Å². The maximum atomic E-state index is 12.4. The maximum Gasteiger partial charge on any atom is 0.229 e. The molecule has 2 heterocycles. The number of aromatic nitrogens is 1. The van der Waals surface area contributed by atoms with Gasteiger partial charge < -0.3 is 10.6 Å². The number of anilines is 1. The molecule has 1 unspecified atom stereocenters. The van der Waals surface area contributed by atoms with Crippen LogP contribution >= 0.6 is 11.3 Å². The lowest BCUT2D eigenvalue weighted by atomic mass is 9.81. The number of hydrogen-bond donors (Lipinski definition) is 2. The first-order chi connectivity index (χ1) is 9.06. The number of carbonyl (C=O) groups is 1. The van der Waals surface area contributed by atoms with E-state index in [1.165, 1.54) is 4.88 Å². The first-order valence-corrected chi connectivity index (χ1v) is 7.88. The third-order valence-corrected chi connectivity index (χ3v) is 5.42. The lowest BCUT2D eigenvalue weighted by molar-refractivity contribution is -0.122. The molecule has 19 heavy (non-hydrogen) atoms. The Morgan fingerprint density at radius 1 is 1.53 bits per heavy atom. The minimum absolute atomic E-state index is 0.127. The van der Waals surface area contributed by atoms with Crippen LogP contribution in [0.4, 0.5) is 5.13 Å². The van der Waals surface area contributed by atoms with Crippen LogP contribution in [0.15, 0.2) is 0 Å². The summed E-state index contributed by atoms with van der Waals surface area (Å²) in [5.41, 5.74) is 1.28. The summed E-state index contributed by atoms with van der Waals surface area (Å²) in [5, 5.41) is 7.15. The second-order valence-corrected chi connectivity index (χ2v) is 7.32. The van der Waals surface area contributed by atoms with E-state index in [4.69, 9.17) is 0 Å². The molecule has 1 aliphatic carbocycles. The van der Waals surface area contributed by atoms with Crippen molar-refractivity contribution in [2.45, 2.75) is 46.1 Å². The minimum atomic E-state index is 0.127. The van der Waals surface area contributed by atoms with Crippen molar-refractivity contribution in [1.29, 1.82) is 0 Å². The highest BCUT2D eigenvalue weighted by Crippen LogP contribution is 2.43. The molecule has 0 radical (unpaired) electrons. The Kier molecular flexibility index (Phi) is 3.35. The van der Waals surface area contributed by atoms with E-state index in [9.17, 15) is 4.79 Å². The molecule has 2 aliphatic rings. The quantitative estimate of drug-likeness (QED) is 0.875. The van der Waals surface area contributed by atoms with Gasteiger partial charge in [-0.1, -0.05) is 20.3 Å². The second kappa shape index (κ2) is 4.87. The van der Waals surface area contributed by atoms with Crippen LogP contribution in [0.25, 0.3) is 0 Å². The maximum absolute atomic E-state index is 12.4. The Morgan fingerprint density at radius 2 is 2.37 bits per heavy atom. The fourth-order valence-electron chi connectivity index (χ4n) is 3.18. The molecular formula is C14H21N3OS. The van der Waals surface area contributed by atoms with Crippen LogP contribution in [0.1, 0.15) is 43.7 Å². The fraction of sp³-hybridized carbons (Fsp3) is 0.714. The highest BCUT2D eigenvalue weighted by Gasteiger charge is 2.39. The Morgan fingerprint density at radius 3 is 3.05 bits per heavy atom. The lowest BCUT2D eigenvalue weighted by Crippen LogP contribution is -2.30. The summed E-state index contributed by atoms with van der Waals surface area (Å²) in [6.07, 6.45) is 4.27. The van der Waals surface area contributed by atoms with Crippen molar-refractivity contribution in [3.8, 4) is 0 Å². The van der Waals surface area contributed by atoms with Gasteiger partial charge in [0.2, 0.25) is 5.91 Å². The van der Waals surface area contributed by atoms with Gasteiger partial charge in [0.05, 0.1) is 5.69 Å². The molecule has 3 rings (SSSR count). The van der Waals surface area contributed by atoms with Crippen molar-refractivity contribution in [2.24, 2.45) is 11.3 Å². The van der Waals surface area contributed by atoms with Crippen LogP contribution in [0.3, 0.4) is 0 Å². The molecule has 1 aromatic heterocycles. The molecule has 1 aromatic rings. The Labute approximate surface area is 118 Å². The van der Waals surface area contributed by atoms with Crippen molar-refractivity contribution in [3.63, 3.8) is 0 Å². The molecule has 1 fully saturated rings. The van der Waals surface area contributed by atoms with E-state index in [1.807, 2.05) is 0 Å². The van der Waals surface area contributed by atoms with Gasteiger partial charge in [-0.15, -0.1) is 11.3 Å². The van der Waals surface area contributed by atoms with Crippen LogP contribution in [-0.2, 0) is 17.8 Å². The van der Waals surface area contributed by atoms with Crippen molar-refractivity contribution < 1.29 is 4.79 Å². The van der Waals surface area contributed by atoms with E-state index in [2.05, 4.69) is 29.5 Å². The molecule has 0 bridgehead atoms. The summed E-state index contributed by atoms with van der Waals surface area (Å²) in [6, 6.07) is 0. The zero-order chi connectivity index (χ0) is 13.5. The molecule has 1 saturated carbocycles. The van der Waals surface area contributed by atoms with Crippen molar-refractivity contribution in [3.05, 3.63) is 10.6 Å². The number of rotatable bonds is 2. The molecular weight excluding hydrogens is 258 g/mol. The number of fused-ring (bicyclic) bond motifs is 1. The number of carbonyl (C=O) groups excluding carboxylic acids is 1. The molecule has 0 aromatic carbocycles. The first kappa shape index (κ1) is 13.1. The molecule has 4 nitrogen and oxygen atoms in total. The van der Waals surface area contributed by atoms with Crippen LogP contribution in [-0.4, -0.2) is 17.4 Å². The van der Waals surface area contributed by atoms with Crippen molar-refractivity contribution >= 4 is 22.4 Å². The minimum Gasteiger partial charge on any atom is -0.311 e. The third kappa shape index (κ3) is 2.54. The zero-order valence-electron chi connectivity index (χ0n) is 11.6. The van der Waals surface area contributed by atoms with Crippen LogP contribution < -0.4 is 10.6 Å². The van der Waals surface area contributed by atoms with Gasteiger partial charge in [0.15, 0.2) is 5.13 Å². The average molecular weight is 279 g/mol. The van der Waals surface area contributed by atoms with Gasteiger partial charge in [0.1, 0.15) is 0 Å². The Balaban J connectivity index is 1.71.